The minimum absolute atomic E-state index is 0.222. The number of nitrogens with one attached hydrogen (secondary N) is 1. The second kappa shape index (κ2) is 7.21. The van der Waals surface area contributed by atoms with Crippen molar-refractivity contribution in [3.05, 3.63) is 45.8 Å². The van der Waals surface area contributed by atoms with Crippen molar-refractivity contribution in [2.75, 3.05) is 10.2 Å². The molecule has 1 aliphatic heterocycles. The van der Waals surface area contributed by atoms with Crippen LogP contribution >= 0.6 is 11.3 Å². The zero-order valence-corrected chi connectivity index (χ0v) is 16.3. The Morgan fingerprint density at radius 3 is 2.50 bits per heavy atom. The molecule has 6 nitrogen and oxygen atoms in total. The van der Waals surface area contributed by atoms with Crippen LogP contribution in [0, 0.1) is 17.2 Å². The van der Waals surface area contributed by atoms with E-state index in [4.69, 9.17) is 0 Å². The fourth-order valence-electron chi connectivity index (χ4n) is 3.77. The molecule has 3 amide bonds. The van der Waals surface area contributed by atoms with E-state index in [1.807, 2.05) is 0 Å². The fraction of sp³-hybridized carbons (Fsp3) is 0.333. The van der Waals surface area contributed by atoms with Gasteiger partial charge in [0.05, 0.1) is 11.3 Å². The Hall–Kier alpha value is -2.98. The highest BCUT2D eigenvalue weighted by atomic mass is 32.1. The van der Waals surface area contributed by atoms with Crippen LogP contribution in [0.4, 0.5) is 10.7 Å². The van der Waals surface area contributed by atoms with E-state index in [9.17, 15) is 19.6 Å². The monoisotopic (exact) mass is 393 g/mol. The summed E-state index contributed by atoms with van der Waals surface area (Å²) >= 11 is 1.48. The molecule has 0 saturated carbocycles. The van der Waals surface area contributed by atoms with Crippen molar-refractivity contribution in [3.63, 3.8) is 0 Å². The largest absolute Gasteiger partial charge is 0.312 e. The molecule has 0 bridgehead atoms. The summed E-state index contributed by atoms with van der Waals surface area (Å²) in [5.41, 5.74) is 2.53. The lowest BCUT2D eigenvalue weighted by Crippen LogP contribution is -2.28. The Labute approximate surface area is 166 Å². The van der Waals surface area contributed by atoms with Crippen LogP contribution in [-0.2, 0) is 22.4 Å². The van der Waals surface area contributed by atoms with Gasteiger partial charge in [0, 0.05) is 23.3 Å². The molecule has 7 heteroatoms. The standard InChI is InChI=1S/C21H19N3O3S/c1-12-2-7-17-15(10-12)16(11-22)21(28-17)23-20(27)13-3-5-14(6-4-13)24-18(25)8-9-19(24)26/h3-6,12H,2,7-10H2,1H3,(H,23,27). The van der Waals surface area contributed by atoms with E-state index in [1.165, 1.54) is 16.2 Å². The zero-order valence-electron chi connectivity index (χ0n) is 15.4. The van der Waals surface area contributed by atoms with Crippen molar-refractivity contribution < 1.29 is 14.4 Å². The number of anilines is 2. The van der Waals surface area contributed by atoms with Crippen molar-refractivity contribution in [3.8, 4) is 6.07 Å². The molecule has 0 radical (unpaired) electrons. The lowest BCUT2D eigenvalue weighted by molar-refractivity contribution is -0.121. The molecule has 28 heavy (non-hydrogen) atoms. The summed E-state index contributed by atoms with van der Waals surface area (Å²) < 4.78 is 0. The molecule has 1 aliphatic carbocycles. The van der Waals surface area contributed by atoms with Crippen LogP contribution in [0.3, 0.4) is 0 Å². The van der Waals surface area contributed by atoms with Crippen molar-refractivity contribution in [2.24, 2.45) is 5.92 Å². The quantitative estimate of drug-likeness (QED) is 0.806. The van der Waals surface area contributed by atoms with Crippen molar-refractivity contribution in [1.29, 1.82) is 5.26 Å². The normalized spacial score (nSPS) is 18.7. The van der Waals surface area contributed by atoms with Gasteiger partial charge in [-0.25, -0.2) is 0 Å². The number of carbonyl (C=O) groups excluding carboxylic acids is 3. The summed E-state index contributed by atoms with van der Waals surface area (Å²) in [6.45, 7) is 2.18. The van der Waals surface area contributed by atoms with Gasteiger partial charge in [0.15, 0.2) is 0 Å². The highest BCUT2D eigenvalue weighted by Crippen LogP contribution is 2.39. The second-order valence-electron chi connectivity index (χ2n) is 7.29. The number of thiophene rings is 1. The molecule has 2 aromatic rings. The van der Waals surface area contributed by atoms with Gasteiger partial charge in [-0.15, -0.1) is 11.3 Å². The SMILES string of the molecule is CC1CCc2sc(NC(=O)c3ccc(N4C(=O)CCC4=O)cc3)c(C#N)c2C1. The smallest absolute Gasteiger partial charge is 0.256 e. The first-order valence-corrected chi connectivity index (χ1v) is 10.1. The zero-order chi connectivity index (χ0) is 19.8. The lowest BCUT2D eigenvalue weighted by Gasteiger charge is -2.17. The average Bonchev–Trinajstić information content (AvgIpc) is 3.20. The van der Waals surface area contributed by atoms with E-state index in [-0.39, 0.29) is 30.6 Å². The van der Waals surface area contributed by atoms with E-state index < -0.39 is 0 Å². The number of imide groups is 1. The summed E-state index contributed by atoms with van der Waals surface area (Å²) in [4.78, 5) is 38.7. The molecule has 1 unspecified atom stereocenters. The molecule has 2 aliphatic rings. The molecule has 1 N–H and O–H groups in total. The number of aryl methyl sites for hydroxylation is 1. The van der Waals surface area contributed by atoms with E-state index in [2.05, 4.69) is 18.3 Å². The molecule has 0 spiro atoms. The van der Waals surface area contributed by atoms with E-state index in [0.717, 1.165) is 29.7 Å². The van der Waals surface area contributed by atoms with Crippen LogP contribution in [-0.4, -0.2) is 17.7 Å². The Bertz CT molecular complexity index is 1000. The van der Waals surface area contributed by atoms with Gasteiger partial charge >= 0.3 is 0 Å². The number of amides is 3. The molecule has 1 aromatic carbocycles. The summed E-state index contributed by atoms with van der Waals surface area (Å²) in [5.74, 6) is -0.214. The predicted octanol–water partition coefficient (Wildman–Crippen LogP) is 3.65. The molecule has 4 rings (SSSR count). The highest BCUT2D eigenvalue weighted by molar-refractivity contribution is 7.16. The van der Waals surface area contributed by atoms with Crippen molar-refractivity contribution in [2.45, 2.75) is 39.0 Å². The number of nitrogens with zero attached hydrogens (tertiary/aromatic N) is 2. The number of fused-ring (bicyclic) bond motifs is 1. The van der Waals surface area contributed by atoms with Gasteiger partial charge in [-0.2, -0.15) is 5.26 Å². The minimum atomic E-state index is -0.311. The van der Waals surface area contributed by atoms with Gasteiger partial charge < -0.3 is 5.32 Å². The highest BCUT2D eigenvalue weighted by Gasteiger charge is 2.30. The molecular weight excluding hydrogens is 374 g/mol. The first-order valence-electron chi connectivity index (χ1n) is 9.29. The van der Waals surface area contributed by atoms with Crippen LogP contribution < -0.4 is 10.2 Å². The number of nitriles is 1. The summed E-state index contributed by atoms with van der Waals surface area (Å²) in [5, 5.41) is 13.0. The van der Waals surface area contributed by atoms with Crippen molar-refractivity contribution in [1.82, 2.24) is 0 Å². The molecule has 1 fully saturated rings. The topological polar surface area (TPSA) is 90.3 Å². The predicted molar refractivity (Wildman–Crippen MR) is 106 cm³/mol. The third-order valence-electron chi connectivity index (χ3n) is 5.29. The van der Waals surface area contributed by atoms with E-state index >= 15 is 0 Å². The number of benzene rings is 1. The Morgan fingerprint density at radius 1 is 1.18 bits per heavy atom. The van der Waals surface area contributed by atoms with E-state index in [0.29, 0.717) is 27.7 Å². The summed E-state index contributed by atoms with van der Waals surface area (Å²) in [7, 11) is 0. The van der Waals surface area contributed by atoms with Gasteiger partial charge in [0.25, 0.3) is 5.91 Å². The van der Waals surface area contributed by atoms with Gasteiger partial charge in [-0.1, -0.05) is 6.92 Å². The molecule has 1 atom stereocenters. The molecule has 1 aromatic heterocycles. The molecule has 2 heterocycles. The molecule has 1 saturated heterocycles. The van der Waals surface area contributed by atoms with Gasteiger partial charge in [0.2, 0.25) is 11.8 Å². The number of hydrogen-bond acceptors (Lipinski definition) is 5. The van der Waals surface area contributed by atoms with Crippen LogP contribution in [0.25, 0.3) is 0 Å². The number of hydrogen-bond donors (Lipinski definition) is 1. The van der Waals surface area contributed by atoms with Gasteiger partial charge in [-0.05, 0) is 55.0 Å². The average molecular weight is 393 g/mol. The molecular formula is C21H19N3O3S. The van der Waals surface area contributed by atoms with Gasteiger partial charge in [0.1, 0.15) is 11.1 Å². The lowest BCUT2D eigenvalue weighted by atomic mass is 9.88. The number of rotatable bonds is 3. The van der Waals surface area contributed by atoms with Crippen LogP contribution in [0.1, 0.15) is 52.5 Å². The molecule has 142 valence electrons. The Morgan fingerprint density at radius 2 is 1.86 bits per heavy atom. The number of carbonyl (C=O) groups is 3. The fourth-order valence-corrected chi connectivity index (χ4v) is 4.96. The third-order valence-corrected chi connectivity index (χ3v) is 6.49. The van der Waals surface area contributed by atoms with Crippen LogP contribution in [0.15, 0.2) is 24.3 Å². The van der Waals surface area contributed by atoms with Gasteiger partial charge in [-0.3, -0.25) is 19.3 Å². The summed E-state index contributed by atoms with van der Waals surface area (Å²) in [6, 6.07) is 8.63. The van der Waals surface area contributed by atoms with Crippen LogP contribution in [0.5, 0.6) is 0 Å². The van der Waals surface area contributed by atoms with Crippen LogP contribution in [0.2, 0.25) is 0 Å². The first-order chi connectivity index (χ1) is 13.5. The van der Waals surface area contributed by atoms with Crippen molar-refractivity contribution >= 4 is 39.7 Å². The third kappa shape index (κ3) is 3.20. The summed E-state index contributed by atoms with van der Waals surface area (Å²) in [6.07, 6.45) is 3.36. The Kier molecular flexibility index (Phi) is 4.73. The van der Waals surface area contributed by atoms with E-state index in [1.54, 1.807) is 24.3 Å². The first kappa shape index (κ1) is 18.4. The Balaban J connectivity index is 1.54. The maximum Gasteiger partial charge on any atom is 0.256 e. The maximum absolute atomic E-state index is 12.7. The minimum Gasteiger partial charge on any atom is -0.312 e. The maximum atomic E-state index is 12.7. The second-order valence-corrected chi connectivity index (χ2v) is 8.40.